The Labute approximate surface area is 142 Å². The van der Waals surface area contributed by atoms with E-state index in [1.54, 1.807) is 6.20 Å². The molecule has 124 valence electrons. The zero-order valence-electron chi connectivity index (χ0n) is 13.9. The Morgan fingerprint density at radius 2 is 1.83 bits per heavy atom. The largest absolute Gasteiger partial charge is 0.384 e. The summed E-state index contributed by atoms with van der Waals surface area (Å²) in [6, 6.07) is 16.1. The number of hydrogen-bond donors (Lipinski definition) is 3. The number of nitrogens with one attached hydrogen (secondary N) is 3. The Bertz CT molecular complexity index is 787. The zero-order chi connectivity index (χ0) is 16.6. The third-order valence-corrected chi connectivity index (χ3v) is 3.67. The molecule has 2 aromatic heterocycles. The van der Waals surface area contributed by atoms with Gasteiger partial charge in [-0.2, -0.15) is 0 Å². The topological polar surface area (TPSA) is 61.9 Å². The minimum atomic E-state index is 0.782. The molecule has 5 nitrogen and oxygen atoms in total. The van der Waals surface area contributed by atoms with E-state index >= 15 is 0 Å². The third kappa shape index (κ3) is 4.43. The maximum absolute atomic E-state index is 4.61. The van der Waals surface area contributed by atoms with Gasteiger partial charge in [-0.05, 0) is 37.2 Å². The number of para-hydroxylation sites is 1. The second-order valence-corrected chi connectivity index (χ2v) is 5.62. The van der Waals surface area contributed by atoms with E-state index in [4.69, 9.17) is 0 Å². The van der Waals surface area contributed by atoms with Crippen LogP contribution in [0, 0.1) is 0 Å². The van der Waals surface area contributed by atoms with Crippen LogP contribution in [0.3, 0.4) is 0 Å². The van der Waals surface area contributed by atoms with E-state index in [2.05, 4.69) is 45.0 Å². The van der Waals surface area contributed by atoms with Gasteiger partial charge in [-0.3, -0.25) is 0 Å². The van der Waals surface area contributed by atoms with Crippen molar-refractivity contribution in [2.45, 2.75) is 13.3 Å². The summed E-state index contributed by atoms with van der Waals surface area (Å²) in [5, 5.41) is 11.2. The maximum atomic E-state index is 4.61. The molecule has 3 N–H and O–H groups in total. The minimum absolute atomic E-state index is 0.782. The minimum Gasteiger partial charge on any atom is -0.384 e. The average molecular weight is 321 g/mol. The molecule has 0 amide bonds. The number of anilines is 3. The van der Waals surface area contributed by atoms with Crippen LogP contribution in [0.4, 0.5) is 17.3 Å². The summed E-state index contributed by atoms with van der Waals surface area (Å²) in [5.74, 6) is 1.58. The van der Waals surface area contributed by atoms with Crippen LogP contribution in [0.15, 0.2) is 54.7 Å². The molecule has 24 heavy (non-hydrogen) atoms. The van der Waals surface area contributed by atoms with Gasteiger partial charge in [0, 0.05) is 36.4 Å². The lowest BCUT2D eigenvalue weighted by atomic mass is 10.2. The first-order valence-electron chi connectivity index (χ1n) is 8.38. The molecule has 0 fully saturated rings. The van der Waals surface area contributed by atoms with Gasteiger partial charge in [-0.1, -0.05) is 25.1 Å². The lowest BCUT2D eigenvalue weighted by molar-refractivity contribution is 0.688. The van der Waals surface area contributed by atoms with E-state index in [1.807, 2.05) is 36.4 Å². The molecule has 0 radical (unpaired) electrons. The van der Waals surface area contributed by atoms with E-state index in [-0.39, 0.29) is 0 Å². The van der Waals surface area contributed by atoms with Crippen molar-refractivity contribution in [2.24, 2.45) is 0 Å². The molecule has 5 heteroatoms. The molecule has 0 aliphatic rings. The first-order valence-corrected chi connectivity index (χ1v) is 8.38. The lowest BCUT2D eigenvalue weighted by Crippen LogP contribution is -2.22. The van der Waals surface area contributed by atoms with Crippen LogP contribution in [0.5, 0.6) is 0 Å². The fourth-order valence-electron chi connectivity index (χ4n) is 2.47. The van der Waals surface area contributed by atoms with Crippen molar-refractivity contribution in [1.82, 2.24) is 15.3 Å². The first-order chi connectivity index (χ1) is 11.8. The summed E-state index contributed by atoms with van der Waals surface area (Å²) < 4.78 is 0. The average Bonchev–Trinajstić information content (AvgIpc) is 2.62. The molecule has 0 aliphatic carbocycles. The summed E-state index contributed by atoms with van der Waals surface area (Å²) in [6.45, 7) is 5.06. The van der Waals surface area contributed by atoms with Crippen LogP contribution >= 0.6 is 0 Å². The van der Waals surface area contributed by atoms with Crippen LogP contribution < -0.4 is 16.0 Å². The summed E-state index contributed by atoms with van der Waals surface area (Å²) in [4.78, 5) is 8.98. The highest BCUT2D eigenvalue weighted by Gasteiger charge is 2.01. The van der Waals surface area contributed by atoms with Gasteiger partial charge in [-0.25, -0.2) is 9.97 Å². The maximum Gasteiger partial charge on any atom is 0.133 e. The number of aromatic nitrogens is 2. The Morgan fingerprint density at radius 1 is 0.917 bits per heavy atom. The molecule has 1 aromatic carbocycles. The molecular weight excluding hydrogens is 298 g/mol. The summed E-state index contributed by atoms with van der Waals surface area (Å²) >= 11 is 0. The van der Waals surface area contributed by atoms with Gasteiger partial charge in [-0.15, -0.1) is 0 Å². The summed E-state index contributed by atoms with van der Waals surface area (Å²) in [7, 11) is 0. The summed E-state index contributed by atoms with van der Waals surface area (Å²) in [5.41, 5.74) is 2.02. The van der Waals surface area contributed by atoms with Crippen LogP contribution in [0.1, 0.15) is 13.3 Å². The van der Waals surface area contributed by atoms with E-state index in [0.717, 1.165) is 54.3 Å². The van der Waals surface area contributed by atoms with Crippen LogP contribution in [0.25, 0.3) is 10.9 Å². The quantitative estimate of drug-likeness (QED) is 0.551. The van der Waals surface area contributed by atoms with Crippen molar-refractivity contribution in [2.75, 3.05) is 30.3 Å². The molecular formula is C19H23N5. The monoisotopic (exact) mass is 321 g/mol. The predicted octanol–water partition coefficient (Wildman–Crippen LogP) is 3.78. The second-order valence-electron chi connectivity index (χ2n) is 5.62. The number of fused-ring (bicyclic) bond motifs is 1. The second kappa shape index (κ2) is 8.26. The zero-order valence-corrected chi connectivity index (χ0v) is 13.9. The number of pyridine rings is 2. The van der Waals surface area contributed by atoms with Gasteiger partial charge in [0.05, 0.1) is 5.52 Å². The SMILES string of the molecule is CCCNCCNc1ccnc(Nc2ccc3ccccc3n2)c1. The normalized spacial score (nSPS) is 10.7. The van der Waals surface area contributed by atoms with Gasteiger partial charge >= 0.3 is 0 Å². The Morgan fingerprint density at radius 3 is 2.75 bits per heavy atom. The highest BCUT2D eigenvalue weighted by atomic mass is 15.1. The Balaban J connectivity index is 1.62. The fraction of sp³-hybridized carbons (Fsp3) is 0.263. The summed E-state index contributed by atoms with van der Waals surface area (Å²) in [6.07, 6.45) is 2.95. The smallest absolute Gasteiger partial charge is 0.133 e. The molecule has 2 heterocycles. The number of nitrogens with zero attached hydrogens (tertiary/aromatic N) is 2. The molecule has 3 aromatic rings. The van der Waals surface area contributed by atoms with E-state index in [9.17, 15) is 0 Å². The lowest BCUT2D eigenvalue weighted by Gasteiger charge is -2.10. The first kappa shape index (κ1) is 16.2. The Hall–Kier alpha value is -2.66. The van der Waals surface area contributed by atoms with Crippen LogP contribution in [-0.2, 0) is 0 Å². The molecule has 0 atom stereocenters. The van der Waals surface area contributed by atoms with E-state index < -0.39 is 0 Å². The predicted molar refractivity (Wildman–Crippen MR) is 101 cm³/mol. The molecule has 0 unspecified atom stereocenters. The Kier molecular flexibility index (Phi) is 5.58. The molecule has 3 rings (SSSR count). The van der Waals surface area contributed by atoms with Gasteiger partial charge in [0.25, 0.3) is 0 Å². The highest BCUT2D eigenvalue weighted by molar-refractivity contribution is 5.80. The number of benzene rings is 1. The van der Waals surface area contributed by atoms with Gasteiger partial charge in [0.2, 0.25) is 0 Å². The molecule has 0 saturated heterocycles. The molecule has 0 spiro atoms. The van der Waals surface area contributed by atoms with Crippen molar-refractivity contribution >= 4 is 28.2 Å². The van der Waals surface area contributed by atoms with Crippen molar-refractivity contribution in [3.05, 3.63) is 54.7 Å². The van der Waals surface area contributed by atoms with Gasteiger partial charge in [0.15, 0.2) is 0 Å². The standard InChI is InChI=1S/C19H23N5/c1-2-10-20-12-13-21-16-9-11-22-19(14-16)24-18-8-7-15-5-3-4-6-17(15)23-18/h3-9,11,14,20H,2,10,12-13H2,1H3,(H2,21,22,23,24). The van der Waals surface area contributed by atoms with Crippen LogP contribution in [-0.4, -0.2) is 29.6 Å². The number of rotatable bonds is 8. The van der Waals surface area contributed by atoms with Crippen LogP contribution in [0.2, 0.25) is 0 Å². The van der Waals surface area contributed by atoms with E-state index in [0.29, 0.717) is 0 Å². The van der Waals surface area contributed by atoms with Crippen molar-refractivity contribution in [1.29, 1.82) is 0 Å². The number of hydrogen-bond acceptors (Lipinski definition) is 5. The van der Waals surface area contributed by atoms with Crippen molar-refractivity contribution in [3.8, 4) is 0 Å². The van der Waals surface area contributed by atoms with Gasteiger partial charge < -0.3 is 16.0 Å². The van der Waals surface area contributed by atoms with Crippen molar-refractivity contribution in [3.63, 3.8) is 0 Å². The van der Waals surface area contributed by atoms with E-state index in [1.165, 1.54) is 0 Å². The molecule has 0 saturated carbocycles. The molecule has 0 aliphatic heterocycles. The fourth-order valence-corrected chi connectivity index (χ4v) is 2.47. The van der Waals surface area contributed by atoms with Gasteiger partial charge in [0.1, 0.15) is 11.6 Å². The highest BCUT2D eigenvalue weighted by Crippen LogP contribution is 2.19. The third-order valence-electron chi connectivity index (χ3n) is 3.67. The molecule has 0 bridgehead atoms. The van der Waals surface area contributed by atoms with Crippen molar-refractivity contribution < 1.29 is 0 Å².